The molecule has 1 aromatic carbocycles. The van der Waals surface area contributed by atoms with Crippen molar-refractivity contribution in [3.63, 3.8) is 0 Å². The zero-order valence-corrected chi connectivity index (χ0v) is 13.7. The first-order valence-corrected chi connectivity index (χ1v) is 8.15. The second-order valence-corrected chi connectivity index (χ2v) is 6.33. The maximum Gasteiger partial charge on any atom is 0.275 e. The molecule has 0 fully saturated rings. The van der Waals surface area contributed by atoms with Crippen molar-refractivity contribution in [3.8, 4) is 0 Å². The first-order chi connectivity index (χ1) is 11.0. The molecule has 0 saturated carbocycles. The van der Waals surface area contributed by atoms with E-state index < -0.39 is 0 Å². The lowest BCUT2D eigenvalue weighted by molar-refractivity contribution is -0.113. The van der Waals surface area contributed by atoms with E-state index in [0.29, 0.717) is 26.9 Å². The number of H-pyrrole nitrogens is 2. The zero-order valence-electron chi connectivity index (χ0n) is 12.1. The molecule has 3 aromatic rings. The number of aromatic amines is 2. The van der Waals surface area contributed by atoms with Crippen LogP contribution in [-0.4, -0.2) is 26.6 Å². The minimum Gasteiger partial charge on any atom is -0.353 e. The molecule has 8 heteroatoms. The number of halogens is 1. The van der Waals surface area contributed by atoms with Gasteiger partial charge in [0.2, 0.25) is 5.91 Å². The number of nitrogens with one attached hydrogen (secondary N) is 3. The lowest BCUT2D eigenvalue weighted by Crippen LogP contribution is -2.15. The Kier molecular flexibility index (Phi) is 4.40. The number of carbonyl (C=O) groups is 1. The average Bonchev–Trinajstić information content (AvgIpc) is 2.89. The highest BCUT2D eigenvalue weighted by Gasteiger charge is 2.09. The Labute approximate surface area is 140 Å². The van der Waals surface area contributed by atoms with Gasteiger partial charge in [-0.05, 0) is 37.3 Å². The van der Waals surface area contributed by atoms with Crippen molar-refractivity contribution < 1.29 is 4.79 Å². The number of thioether (sulfide) groups is 1. The van der Waals surface area contributed by atoms with Crippen molar-refractivity contribution in [2.45, 2.75) is 12.1 Å². The van der Waals surface area contributed by atoms with Crippen LogP contribution in [0.1, 0.15) is 5.69 Å². The second-order valence-electron chi connectivity index (χ2n) is 4.93. The van der Waals surface area contributed by atoms with Gasteiger partial charge in [-0.3, -0.25) is 14.6 Å². The Morgan fingerprint density at radius 3 is 2.78 bits per heavy atom. The van der Waals surface area contributed by atoms with Crippen LogP contribution in [0.2, 0.25) is 5.02 Å². The van der Waals surface area contributed by atoms with Crippen molar-refractivity contribution in [1.82, 2.24) is 15.0 Å². The first-order valence-electron chi connectivity index (χ1n) is 6.79. The van der Waals surface area contributed by atoms with Crippen molar-refractivity contribution in [2.75, 3.05) is 11.1 Å². The van der Waals surface area contributed by atoms with E-state index in [-0.39, 0.29) is 17.2 Å². The number of carbonyl (C=O) groups excluding carboxylic acids is 1. The van der Waals surface area contributed by atoms with Crippen LogP contribution in [0, 0.1) is 6.92 Å². The quantitative estimate of drug-likeness (QED) is 0.499. The summed E-state index contributed by atoms with van der Waals surface area (Å²) in [5.74, 6) is -0.0502. The van der Waals surface area contributed by atoms with E-state index in [2.05, 4.69) is 20.3 Å². The number of aromatic nitrogens is 3. The number of nitrogens with zero attached hydrogens (tertiary/aromatic N) is 1. The van der Waals surface area contributed by atoms with Gasteiger partial charge in [0.15, 0.2) is 5.16 Å². The number of aryl methyl sites for hydroxylation is 1. The molecule has 0 atom stereocenters. The van der Waals surface area contributed by atoms with Gasteiger partial charge in [0.1, 0.15) is 5.52 Å². The summed E-state index contributed by atoms with van der Waals surface area (Å²) in [5, 5.41) is 3.77. The number of benzene rings is 1. The summed E-state index contributed by atoms with van der Waals surface area (Å²) in [4.78, 5) is 33.8. The summed E-state index contributed by atoms with van der Waals surface area (Å²) in [6.07, 6.45) is 0. The number of fused-ring (bicyclic) bond motifs is 1. The molecule has 0 spiro atoms. The molecule has 6 nitrogen and oxygen atoms in total. The average molecular weight is 349 g/mol. The van der Waals surface area contributed by atoms with Crippen LogP contribution in [-0.2, 0) is 4.79 Å². The molecule has 2 heterocycles. The lowest BCUT2D eigenvalue weighted by Gasteiger charge is -2.05. The Morgan fingerprint density at radius 1 is 1.30 bits per heavy atom. The minimum atomic E-state index is -0.247. The number of anilines is 1. The highest BCUT2D eigenvalue weighted by atomic mass is 35.5. The molecular formula is C15H13ClN4O2S. The molecule has 0 aliphatic carbocycles. The smallest absolute Gasteiger partial charge is 0.275 e. The van der Waals surface area contributed by atoms with Gasteiger partial charge in [-0.1, -0.05) is 23.4 Å². The van der Waals surface area contributed by atoms with Crippen LogP contribution in [0.3, 0.4) is 0 Å². The Hall–Kier alpha value is -2.25. The molecule has 0 unspecified atom stereocenters. The van der Waals surface area contributed by atoms with Crippen LogP contribution in [0.15, 0.2) is 40.3 Å². The van der Waals surface area contributed by atoms with Gasteiger partial charge in [-0.2, -0.15) is 0 Å². The summed E-state index contributed by atoms with van der Waals surface area (Å²) in [6.45, 7) is 1.85. The minimum absolute atomic E-state index is 0.139. The predicted molar refractivity (Wildman–Crippen MR) is 92.3 cm³/mol. The SMILES string of the molecule is Cc1cc2nc(SCC(=O)Nc3ccc(Cl)cc3)[nH]c(=O)c2[nH]1. The summed E-state index contributed by atoms with van der Waals surface area (Å²) < 4.78 is 0. The van der Waals surface area contributed by atoms with Gasteiger partial charge >= 0.3 is 0 Å². The molecule has 0 aliphatic heterocycles. The van der Waals surface area contributed by atoms with E-state index in [1.54, 1.807) is 30.3 Å². The van der Waals surface area contributed by atoms with E-state index in [1.807, 2.05) is 6.92 Å². The molecule has 3 rings (SSSR count). The molecule has 0 bridgehead atoms. The molecule has 2 aromatic heterocycles. The molecule has 118 valence electrons. The number of hydrogen-bond donors (Lipinski definition) is 3. The predicted octanol–water partition coefficient (Wildman–Crippen LogP) is 2.94. The molecular weight excluding hydrogens is 336 g/mol. The number of amides is 1. The first kappa shape index (κ1) is 15.6. The third-order valence-electron chi connectivity index (χ3n) is 3.07. The standard InChI is InChI=1S/C15H13ClN4O2S/c1-8-6-11-13(17-8)14(22)20-15(19-11)23-7-12(21)18-10-4-2-9(16)3-5-10/h2-6,17H,7H2,1H3,(H,18,21)(H,19,20,22). The van der Waals surface area contributed by atoms with Crippen molar-refractivity contribution in [2.24, 2.45) is 0 Å². The topological polar surface area (TPSA) is 90.6 Å². The fraction of sp³-hybridized carbons (Fsp3) is 0.133. The molecule has 1 amide bonds. The summed E-state index contributed by atoms with van der Waals surface area (Å²) in [5.41, 5.74) is 2.31. The maximum atomic E-state index is 11.9. The summed E-state index contributed by atoms with van der Waals surface area (Å²) >= 11 is 6.96. The van der Waals surface area contributed by atoms with E-state index in [9.17, 15) is 9.59 Å². The van der Waals surface area contributed by atoms with E-state index >= 15 is 0 Å². The van der Waals surface area contributed by atoms with Gasteiger partial charge in [-0.15, -0.1) is 0 Å². The molecule has 0 saturated heterocycles. The van der Waals surface area contributed by atoms with E-state index in [0.717, 1.165) is 5.69 Å². The lowest BCUT2D eigenvalue weighted by atomic mass is 10.3. The molecule has 0 radical (unpaired) electrons. The summed E-state index contributed by atoms with van der Waals surface area (Å²) in [7, 11) is 0. The van der Waals surface area contributed by atoms with Crippen LogP contribution >= 0.6 is 23.4 Å². The highest BCUT2D eigenvalue weighted by Crippen LogP contribution is 2.17. The molecule has 3 N–H and O–H groups in total. The van der Waals surface area contributed by atoms with Crippen molar-refractivity contribution >= 4 is 46.0 Å². The number of hydrogen-bond acceptors (Lipinski definition) is 4. The molecule has 23 heavy (non-hydrogen) atoms. The van der Waals surface area contributed by atoms with Crippen LogP contribution in [0.4, 0.5) is 5.69 Å². The largest absolute Gasteiger partial charge is 0.353 e. The van der Waals surface area contributed by atoms with Gasteiger partial charge in [0.05, 0.1) is 11.3 Å². The van der Waals surface area contributed by atoms with E-state index in [1.165, 1.54) is 11.8 Å². The fourth-order valence-corrected chi connectivity index (χ4v) is 2.86. The van der Waals surface area contributed by atoms with Gasteiger partial charge in [0, 0.05) is 16.4 Å². The second kappa shape index (κ2) is 6.47. The number of rotatable bonds is 4. The Bertz CT molecular complexity index is 917. The zero-order chi connectivity index (χ0) is 16.4. The highest BCUT2D eigenvalue weighted by molar-refractivity contribution is 7.99. The normalized spacial score (nSPS) is 10.9. The van der Waals surface area contributed by atoms with Crippen LogP contribution in [0.5, 0.6) is 0 Å². The van der Waals surface area contributed by atoms with E-state index in [4.69, 9.17) is 11.6 Å². The Morgan fingerprint density at radius 2 is 2.04 bits per heavy atom. The monoisotopic (exact) mass is 348 g/mol. The summed E-state index contributed by atoms with van der Waals surface area (Å²) in [6, 6.07) is 8.64. The third-order valence-corrected chi connectivity index (χ3v) is 4.19. The van der Waals surface area contributed by atoms with Gasteiger partial charge in [-0.25, -0.2) is 4.98 Å². The fourth-order valence-electron chi connectivity index (χ4n) is 2.07. The molecule has 0 aliphatic rings. The van der Waals surface area contributed by atoms with Crippen molar-refractivity contribution in [3.05, 3.63) is 51.4 Å². The van der Waals surface area contributed by atoms with Crippen molar-refractivity contribution in [1.29, 1.82) is 0 Å². The Balaban J connectivity index is 1.66. The van der Waals surface area contributed by atoms with Gasteiger partial charge < -0.3 is 10.3 Å². The van der Waals surface area contributed by atoms with Crippen LogP contribution in [0.25, 0.3) is 11.0 Å². The van der Waals surface area contributed by atoms with Crippen LogP contribution < -0.4 is 10.9 Å². The van der Waals surface area contributed by atoms with Gasteiger partial charge in [0.25, 0.3) is 5.56 Å². The maximum absolute atomic E-state index is 11.9. The third kappa shape index (κ3) is 3.75.